The third-order valence-corrected chi connectivity index (χ3v) is 4.89. The summed E-state index contributed by atoms with van der Waals surface area (Å²) in [6, 6.07) is 12.4. The summed E-state index contributed by atoms with van der Waals surface area (Å²) in [4.78, 5) is 12.3. The number of aromatic hydroxyl groups is 1. The smallest absolute Gasteiger partial charge is 0.293 e. The van der Waals surface area contributed by atoms with E-state index in [1.54, 1.807) is 16.9 Å². The van der Waals surface area contributed by atoms with Gasteiger partial charge in [-0.15, -0.1) is 0 Å². The molecular weight excluding hydrogens is 499 g/mol. The number of halogens is 3. The van der Waals surface area contributed by atoms with Crippen molar-refractivity contribution >= 4 is 55.6 Å². The van der Waals surface area contributed by atoms with E-state index in [-0.39, 0.29) is 11.4 Å². The lowest BCUT2D eigenvalue weighted by Crippen LogP contribution is -2.19. The van der Waals surface area contributed by atoms with Crippen LogP contribution in [0.25, 0.3) is 0 Å². The van der Waals surface area contributed by atoms with Crippen molar-refractivity contribution in [2.75, 3.05) is 0 Å². The summed E-state index contributed by atoms with van der Waals surface area (Å²) >= 11 is 12.6. The van der Waals surface area contributed by atoms with Crippen LogP contribution in [0.3, 0.4) is 0 Å². The van der Waals surface area contributed by atoms with Crippen LogP contribution in [0.1, 0.15) is 21.6 Å². The third-order valence-electron chi connectivity index (χ3n) is 3.55. The van der Waals surface area contributed by atoms with E-state index in [9.17, 15) is 9.90 Å². The van der Waals surface area contributed by atoms with Gasteiger partial charge in [0.05, 0.1) is 17.2 Å². The molecule has 0 bridgehead atoms. The van der Waals surface area contributed by atoms with E-state index in [1.807, 2.05) is 24.3 Å². The Hall–Kier alpha value is -2.16. The Kier molecular flexibility index (Phi) is 6.30. The van der Waals surface area contributed by atoms with Crippen molar-refractivity contribution in [3.8, 4) is 5.75 Å². The SMILES string of the molecule is O=C(NN=Cc1cc(Cl)ccc1O)c1nn(Cc2ccc(Br)cc2)cc1Br. The van der Waals surface area contributed by atoms with Gasteiger partial charge in [0, 0.05) is 21.3 Å². The van der Waals surface area contributed by atoms with Crippen molar-refractivity contribution < 1.29 is 9.90 Å². The number of hydrazone groups is 1. The predicted octanol–water partition coefficient (Wildman–Crippen LogP) is 4.58. The van der Waals surface area contributed by atoms with E-state index in [0.29, 0.717) is 21.6 Å². The van der Waals surface area contributed by atoms with Gasteiger partial charge in [-0.3, -0.25) is 9.48 Å². The van der Waals surface area contributed by atoms with Crippen LogP contribution >= 0.6 is 43.5 Å². The average Bonchev–Trinajstić information content (AvgIpc) is 3.00. The van der Waals surface area contributed by atoms with Gasteiger partial charge in [-0.1, -0.05) is 39.7 Å². The summed E-state index contributed by atoms with van der Waals surface area (Å²) in [5, 5.41) is 18.3. The molecule has 9 heteroatoms. The molecule has 3 rings (SSSR count). The number of amides is 1. The van der Waals surface area contributed by atoms with Crippen LogP contribution < -0.4 is 5.43 Å². The average molecular weight is 513 g/mol. The van der Waals surface area contributed by atoms with Crippen molar-refractivity contribution in [2.45, 2.75) is 6.54 Å². The minimum atomic E-state index is -0.478. The molecule has 6 nitrogen and oxygen atoms in total. The molecule has 3 aromatic rings. The maximum Gasteiger partial charge on any atom is 0.293 e. The summed E-state index contributed by atoms with van der Waals surface area (Å²) in [7, 11) is 0. The second-order valence-electron chi connectivity index (χ2n) is 5.55. The number of hydrogen-bond donors (Lipinski definition) is 2. The fraction of sp³-hybridized carbons (Fsp3) is 0.0556. The lowest BCUT2D eigenvalue weighted by atomic mass is 10.2. The van der Waals surface area contributed by atoms with E-state index in [0.717, 1.165) is 10.0 Å². The van der Waals surface area contributed by atoms with Gasteiger partial charge in [0.2, 0.25) is 0 Å². The highest BCUT2D eigenvalue weighted by Crippen LogP contribution is 2.20. The fourth-order valence-corrected chi connectivity index (χ4v) is 3.19. The molecule has 0 atom stereocenters. The Morgan fingerprint density at radius 1 is 1.26 bits per heavy atom. The van der Waals surface area contributed by atoms with E-state index in [1.165, 1.54) is 18.3 Å². The first-order valence-electron chi connectivity index (χ1n) is 7.71. The highest BCUT2D eigenvalue weighted by molar-refractivity contribution is 9.10. The first-order chi connectivity index (χ1) is 12.9. The van der Waals surface area contributed by atoms with Crippen LogP contribution in [0.15, 0.2) is 62.7 Å². The number of rotatable bonds is 5. The number of hydrogen-bond acceptors (Lipinski definition) is 4. The molecule has 0 fully saturated rings. The number of nitrogens with one attached hydrogen (secondary N) is 1. The molecule has 0 aliphatic carbocycles. The van der Waals surface area contributed by atoms with Gasteiger partial charge < -0.3 is 5.11 Å². The largest absolute Gasteiger partial charge is 0.507 e. The predicted molar refractivity (Wildman–Crippen MR) is 111 cm³/mol. The number of carbonyl (C=O) groups excluding carboxylic acids is 1. The van der Waals surface area contributed by atoms with Crippen molar-refractivity contribution in [1.82, 2.24) is 15.2 Å². The topological polar surface area (TPSA) is 79.5 Å². The van der Waals surface area contributed by atoms with Crippen LogP contribution in [-0.4, -0.2) is 27.0 Å². The number of nitrogens with zero attached hydrogens (tertiary/aromatic N) is 3. The number of aromatic nitrogens is 2. The maximum atomic E-state index is 12.3. The Labute approximate surface area is 177 Å². The quantitative estimate of drug-likeness (QED) is 0.388. The standard InChI is InChI=1S/C18H13Br2ClN4O2/c19-13-3-1-11(2-4-13)9-25-10-15(20)17(24-25)18(27)23-22-8-12-7-14(21)5-6-16(12)26/h1-8,10,26H,9H2,(H,23,27). The van der Waals surface area contributed by atoms with Crippen LogP contribution in [0.4, 0.5) is 0 Å². The second kappa shape index (κ2) is 8.69. The summed E-state index contributed by atoms with van der Waals surface area (Å²) in [5.41, 5.74) is 4.03. The van der Waals surface area contributed by atoms with E-state index in [2.05, 4.69) is 47.5 Å². The zero-order valence-corrected chi connectivity index (χ0v) is 17.7. The normalized spacial score (nSPS) is 11.1. The molecule has 0 saturated carbocycles. The van der Waals surface area contributed by atoms with Crippen molar-refractivity contribution in [3.05, 3.63) is 79.5 Å². The lowest BCUT2D eigenvalue weighted by Gasteiger charge is -2.02. The molecule has 0 unspecified atom stereocenters. The second-order valence-corrected chi connectivity index (χ2v) is 7.76. The zero-order chi connectivity index (χ0) is 19.4. The van der Waals surface area contributed by atoms with Crippen molar-refractivity contribution in [1.29, 1.82) is 0 Å². The Balaban J connectivity index is 1.68. The summed E-state index contributed by atoms with van der Waals surface area (Å²) in [5.74, 6) is -0.466. The fourth-order valence-electron chi connectivity index (χ4n) is 2.25. The first kappa shape index (κ1) is 19.6. The van der Waals surface area contributed by atoms with Crippen LogP contribution in [-0.2, 0) is 6.54 Å². The highest BCUT2D eigenvalue weighted by atomic mass is 79.9. The van der Waals surface area contributed by atoms with Crippen LogP contribution in [0, 0.1) is 0 Å². The molecule has 0 spiro atoms. The Morgan fingerprint density at radius 3 is 2.74 bits per heavy atom. The minimum absolute atomic E-state index is 0.0114. The summed E-state index contributed by atoms with van der Waals surface area (Å²) in [6.45, 7) is 0.527. The first-order valence-corrected chi connectivity index (χ1v) is 9.68. The van der Waals surface area contributed by atoms with Crippen molar-refractivity contribution in [3.63, 3.8) is 0 Å². The molecule has 0 radical (unpaired) electrons. The van der Waals surface area contributed by atoms with Gasteiger partial charge in [0.25, 0.3) is 5.91 Å². The van der Waals surface area contributed by atoms with E-state index in [4.69, 9.17) is 11.6 Å². The summed E-state index contributed by atoms with van der Waals surface area (Å²) < 4.78 is 3.21. The van der Waals surface area contributed by atoms with Crippen molar-refractivity contribution in [2.24, 2.45) is 5.10 Å². The Bertz CT molecular complexity index is 1000. The van der Waals surface area contributed by atoms with E-state index >= 15 is 0 Å². The number of phenolic OH excluding ortho intramolecular Hbond substituents is 1. The molecule has 1 heterocycles. The molecule has 2 N–H and O–H groups in total. The molecule has 0 saturated heterocycles. The molecular formula is C18H13Br2ClN4O2. The molecule has 1 aromatic heterocycles. The van der Waals surface area contributed by atoms with Crippen LogP contribution in [0.5, 0.6) is 5.75 Å². The van der Waals surface area contributed by atoms with Gasteiger partial charge in [-0.25, -0.2) is 5.43 Å². The molecule has 0 aliphatic rings. The van der Waals surface area contributed by atoms with Gasteiger partial charge in [-0.2, -0.15) is 10.2 Å². The van der Waals surface area contributed by atoms with E-state index < -0.39 is 5.91 Å². The molecule has 1 amide bonds. The van der Waals surface area contributed by atoms with Gasteiger partial charge in [0.1, 0.15) is 5.75 Å². The van der Waals surface area contributed by atoms with Gasteiger partial charge >= 0.3 is 0 Å². The molecule has 138 valence electrons. The minimum Gasteiger partial charge on any atom is -0.507 e. The highest BCUT2D eigenvalue weighted by Gasteiger charge is 2.15. The van der Waals surface area contributed by atoms with Gasteiger partial charge in [-0.05, 0) is 51.8 Å². The number of phenols is 1. The Morgan fingerprint density at radius 2 is 2.00 bits per heavy atom. The third kappa shape index (κ3) is 5.18. The zero-order valence-electron chi connectivity index (χ0n) is 13.7. The molecule has 0 aliphatic heterocycles. The lowest BCUT2D eigenvalue weighted by molar-refractivity contribution is 0.0948. The molecule has 27 heavy (non-hydrogen) atoms. The number of carbonyl (C=O) groups is 1. The molecule has 2 aromatic carbocycles. The van der Waals surface area contributed by atoms with Gasteiger partial charge in [0.15, 0.2) is 5.69 Å². The summed E-state index contributed by atoms with van der Waals surface area (Å²) in [6.07, 6.45) is 3.04. The maximum absolute atomic E-state index is 12.3. The van der Waals surface area contributed by atoms with Crippen LogP contribution in [0.2, 0.25) is 5.02 Å². The monoisotopic (exact) mass is 510 g/mol. The number of benzene rings is 2.